The third-order valence-electron chi connectivity index (χ3n) is 12.0. The van der Waals surface area contributed by atoms with Gasteiger partial charge in [-0.25, -0.2) is 0 Å². The maximum absolute atomic E-state index is 2.59. The average Bonchev–Trinajstić information content (AvgIpc) is 3.20. The molecule has 0 saturated heterocycles. The second-order valence-electron chi connectivity index (χ2n) is 19.1. The van der Waals surface area contributed by atoms with Crippen LogP contribution in [-0.4, -0.2) is 14.8 Å². The van der Waals surface area contributed by atoms with Crippen LogP contribution in [0.25, 0.3) is 0 Å². The highest BCUT2D eigenvalue weighted by Crippen LogP contribution is 2.49. The first-order valence-corrected chi connectivity index (χ1v) is 24.3. The van der Waals surface area contributed by atoms with E-state index < -0.39 is 8.07 Å². The van der Waals surface area contributed by atoms with Gasteiger partial charge in [0.25, 0.3) is 6.71 Å². The summed E-state index contributed by atoms with van der Waals surface area (Å²) >= 11 is 0. The molecule has 0 spiro atoms. The van der Waals surface area contributed by atoms with Crippen molar-refractivity contribution in [3.05, 3.63) is 175 Å². The van der Waals surface area contributed by atoms with E-state index in [0.717, 1.165) is 17.1 Å². The van der Waals surface area contributed by atoms with Crippen LogP contribution in [0, 0.1) is 0 Å². The Morgan fingerprint density at radius 1 is 0.414 bits per heavy atom. The van der Waals surface area contributed by atoms with Gasteiger partial charge in [0.1, 0.15) is 0 Å². The third-order valence-corrected chi connectivity index (χ3v) is 14.1. The van der Waals surface area contributed by atoms with E-state index in [2.05, 4.69) is 240 Å². The molecule has 0 unspecified atom stereocenters. The summed E-state index contributed by atoms with van der Waals surface area (Å²) in [6, 6.07) is 61.3. The number of hydrogen-bond acceptors (Lipinski definition) is 3. The van der Waals surface area contributed by atoms with Crippen LogP contribution in [0.15, 0.2) is 164 Å². The van der Waals surface area contributed by atoms with Crippen LogP contribution in [0.1, 0.15) is 52.7 Å². The number of benzene rings is 7. The van der Waals surface area contributed by atoms with Gasteiger partial charge in [-0.15, -0.1) is 0 Å². The fraction of sp³-hybridized carbons (Fsp3) is 0.208. The van der Waals surface area contributed by atoms with Crippen molar-refractivity contribution >= 4 is 87.5 Å². The molecule has 0 atom stereocenters. The Bertz CT molecular complexity index is 2610. The molecule has 7 aromatic carbocycles. The van der Waals surface area contributed by atoms with Crippen molar-refractivity contribution in [3.8, 4) is 0 Å². The molecule has 9 rings (SSSR count). The Labute approximate surface area is 347 Å². The van der Waals surface area contributed by atoms with Crippen LogP contribution in [-0.2, 0) is 10.8 Å². The van der Waals surface area contributed by atoms with Crippen LogP contribution >= 0.6 is 0 Å². The van der Waals surface area contributed by atoms with E-state index in [1.807, 2.05) is 0 Å². The lowest BCUT2D eigenvalue weighted by Gasteiger charge is -2.46. The molecule has 7 aromatic rings. The number of para-hydroxylation sites is 4. The van der Waals surface area contributed by atoms with Crippen molar-refractivity contribution in [2.24, 2.45) is 0 Å². The van der Waals surface area contributed by atoms with Gasteiger partial charge in [0.2, 0.25) is 0 Å². The molecular weight excluding hydrogens is 718 g/mol. The molecule has 288 valence electrons. The zero-order chi connectivity index (χ0) is 40.6. The standard InChI is InChI=1S/C53H54BN3Si/c1-52(2,3)41-25-16-18-27-45(41)56-47-34-32-40(58(7,8)9)36-44(47)54-43-33-31-39(55(37-21-12-10-13-22-37)38-23-14-11-15-24-38)35-50(43)57(49-30-20-29-48(56)51(49)54)46-28-19-17-26-42(46)53(4,5)6/h10-36H,1-9H3. The van der Waals surface area contributed by atoms with E-state index in [1.165, 1.54) is 66.8 Å². The van der Waals surface area contributed by atoms with E-state index in [1.54, 1.807) is 0 Å². The van der Waals surface area contributed by atoms with E-state index in [-0.39, 0.29) is 17.5 Å². The minimum atomic E-state index is -1.68. The number of anilines is 9. The number of hydrogen-bond donors (Lipinski definition) is 0. The summed E-state index contributed by atoms with van der Waals surface area (Å²) in [7, 11) is -1.68. The second-order valence-corrected chi connectivity index (χ2v) is 24.2. The Balaban J connectivity index is 1.38. The first-order chi connectivity index (χ1) is 27.7. The molecule has 0 radical (unpaired) electrons. The van der Waals surface area contributed by atoms with Crippen molar-refractivity contribution < 1.29 is 0 Å². The zero-order valence-electron chi connectivity index (χ0n) is 35.5. The van der Waals surface area contributed by atoms with Crippen LogP contribution in [0.2, 0.25) is 19.6 Å². The Morgan fingerprint density at radius 2 is 0.897 bits per heavy atom. The lowest BCUT2D eigenvalue weighted by Crippen LogP contribution is -2.62. The van der Waals surface area contributed by atoms with Gasteiger partial charge in [0.15, 0.2) is 0 Å². The molecule has 0 amide bonds. The summed E-state index contributed by atoms with van der Waals surface area (Å²) in [5.74, 6) is 0. The number of nitrogens with zero attached hydrogens (tertiary/aromatic N) is 3. The minimum absolute atomic E-state index is 0.0412. The van der Waals surface area contributed by atoms with Crippen molar-refractivity contribution in [1.29, 1.82) is 0 Å². The van der Waals surface area contributed by atoms with E-state index in [0.29, 0.717) is 0 Å². The Kier molecular flexibility index (Phi) is 9.09. The minimum Gasteiger partial charge on any atom is -0.311 e. The van der Waals surface area contributed by atoms with Crippen molar-refractivity contribution in [3.63, 3.8) is 0 Å². The summed E-state index contributed by atoms with van der Waals surface area (Å²) < 4.78 is 0. The fourth-order valence-corrected chi connectivity index (χ4v) is 10.4. The molecule has 0 fully saturated rings. The van der Waals surface area contributed by atoms with Gasteiger partial charge in [0.05, 0.1) is 8.07 Å². The van der Waals surface area contributed by atoms with Gasteiger partial charge < -0.3 is 14.7 Å². The topological polar surface area (TPSA) is 9.72 Å². The zero-order valence-corrected chi connectivity index (χ0v) is 36.5. The third kappa shape index (κ3) is 6.37. The highest BCUT2D eigenvalue weighted by Gasteiger charge is 2.45. The monoisotopic (exact) mass is 771 g/mol. The molecule has 0 bridgehead atoms. The molecular formula is C53H54BN3Si. The molecule has 0 aromatic heterocycles. The molecule has 2 heterocycles. The van der Waals surface area contributed by atoms with Crippen molar-refractivity contribution in [2.75, 3.05) is 14.7 Å². The van der Waals surface area contributed by atoms with Gasteiger partial charge in [-0.3, -0.25) is 0 Å². The van der Waals surface area contributed by atoms with E-state index in [4.69, 9.17) is 0 Å². The van der Waals surface area contributed by atoms with Crippen molar-refractivity contribution in [1.82, 2.24) is 0 Å². The predicted molar refractivity (Wildman–Crippen MR) is 256 cm³/mol. The highest BCUT2D eigenvalue weighted by molar-refractivity contribution is 7.01. The molecule has 0 N–H and O–H groups in total. The van der Waals surface area contributed by atoms with Crippen LogP contribution < -0.4 is 36.3 Å². The molecule has 58 heavy (non-hydrogen) atoms. The summed E-state index contributed by atoms with van der Waals surface area (Å²) in [5, 5.41) is 1.48. The first-order valence-electron chi connectivity index (χ1n) is 20.8. The van der Waals surface area contributed by atoms with Crippen LogP contribution in [0.5, 0.6) is 0 Å². The van der Waals surface area contributed by atoms with Crippen LogP contribution in [0.4, 0.5) is 51.2 Å². The maximum atomic E-state index is 2.59. The van der Waals surface area contributed by atoms with Gasteiger partial charge in [-0.2, -0.15) is 0 Å². The van der Waals surface area contributed by atoms with Gasteiger partial charge in [-0.05, 0) is 105 Å². The molecule has 0 aliphatic carbocycles. The lowest BCUT2D eigenvalue weighted by atomic mass is 9.33. The molecule has 2 aliphatic rings. The highest BCUT2D eigenvalue weighted by atomic mass is 28.3. The van der Waals surface area contributed by atoms with E-state index in [9.17, 15) is 0 Å². The quantitative estimate of drug-likeness (QED) is 0.156. The van der Waals surface area contributed by atoms with Gasteiger partial charge >= 0.3 is 0 Å². The second kappa shape index (κ2) is 14.0. The maximum Gasteiger partial charge on any atom is 0.252 e. The first kappa shape index (κ1) is 37.8. The normalized spacial score (nSPS) is 13.5. The summed E-state index contributed by atoms with van der Waals surface area (Å²) in [4.78, 5) is 7.56. The van der Waals surface area contributed by atoms with Crippen LogP contribution in [0.3, 0.4) is 0 Å². The Hall–Kier alpha value is -5.78. The largest absolute Gasteiger partial charge is 0.311 e. The number of fused-ring (bicyclic) bond motifs is 4. The SMILES string of the molecule is CC(C)(C)c1ccccc1N1c2ccc([Si](C)(C)C)cc2B2c3ccc(N(c4ccccc4)c4ccccc4)cc3N(c3ccccc3C(C)(C)C)c3cccc1c32. The fourth-order valence-electron chi connectivity index (χ4n) is 9.26. The summed E-state index contributed by atoms with van der Waals surface area (Å²) in [5.41, 5.74) is 17.4. The average molecular weight is 772 g/mol. The number of rotatable bonds is 6. The predicted octanol–water partition coefficient (Wildman–Crippen LogP) is 12.4. The molecule has 3 nitrogen and oxygen atoms in total. The molecule has 0 saturated carbocycles. The van der Waals surface area contributed by atoms with Gasteiger partial charge in [-0.1, -0.05) is 163 Å². The van der Waals surface area contributed by atoms with Gasteiger partial charge in [0, 0.05) is 51.2 Å². The smallest absolute Gasteiger partial charge is 0.252 e. The Morgan fingerprint density at radius 3 is 1.41 bits per heavy atom. The molecule has 5 heteroatoms. The summed E-state index contributed by atoms with van der Waals surface area (Å²) in [6.45, 7) is 21.5. The van der Waals surface area contributed by atoms with Crippen molar-refractivity contribution in [2.45, 2.75) is 72.0 Å². The molecule has 2 aliphatic heterocycles. The summed E-state index contributed by atoms with van der Waals surface area (Å²) in [6.07, 6.45) is 0. The lowest BCUT2D eigenvalue weighted by molar-refractivity contribution is 0.591. The van der Waals surface area contributed by atoms with E-state index >= 15 is 0 Å².